The quantitative estimate of drug-likeness (QED) is 0.664. The Bertz CT molecular complexity index is 612. The van der Waals surface area contributed by atoms with Crippen LogP contribution in [0.1, 0.15) is 49.9 Å². The van der Waals surface area contributed by atoms with Crippen LogP contribution in [0.25, 0.3) is 10.9 Å². The van der Waals surface area contributed by atoms with E-state index in [0.29, 0.717) is 15.6 Å². The molecule has 2 rings (SSSR count). The predicted octanol–water partition coefficient (Wildman–Crippen LogP) is 5.87. The van der Waals surface area contributed by atoms with Crippen LogP contribution in [0.4, 0.5) is 0 Å². The third-order valence-electron chi connectivity index (χ3n) is 3.61. The Balaban J connectivity index is 2.44. The van der Waals surface area contributed by atoms with Crippen LogP contribution < -0.4 is 0 Å². The van der Waals surface area contributed by atoms with Gasteiger partial charge in [-0.15, -0.1) is 0 Å². The molecule has 2 aromatic rings. The van der Waals surface area contributed by atoms with E-state index < -0.39 is 0 Å². The number of fused-ring (bicyclic) bond motifs is 1. The van der Waals surface area contributed by atoms with Gasteiger partial charge < -0.3 is 4.98 Å². The molecular formula is C16H19Cl2NO. The predicted molar refractivity (Wildman–Crippen MR) is 86.0 cm³/mol. The fourth-order valence-electron chi connectivity index (χ4n) is 2.70. The summed E-state index contributed by atoms with van der Waals surface area (Å²) in [7, 11) is 0. The molecule has 1 aromatic heterocycles. The van der Waals surface area contributed by atoms with Crippen LogP contribution in [-0.2, 0) is 0 Å². The van der Waals surface area contributed by atoms with Crippen molar-refractivity contribution in [1.29, 1.82) is 0 Å². The lowest BCUT2D eigenvalue weighted by atomic mass is 9.89. The van der Waals surface area contributed by atoms with E-state index in [-0.39, 0.29) is 11.7 Å². The van der Waals surface area contributed by atoms with Gasteiger partial charge in [0.25, 0.3) is 0 Å². The summed E-state index contributed by atoms with van der Waals surface area (Å²) in [6.45, 7) is 4.22. The minimum Gasteiger partial charge on any atom is -0.360 e. The third-order valence-corrected chi connectivity index (χ3v) is 4.12. The van der Waals surface area contributed by atoms with Gasteiger partial charge in [-0.25, -0.2) is 0 Å². The molecule has 0 bridgehead atoms. The fraction of sp³-hybridized carbons (Fsp3) is 0.438. The molecule has 0 atom stereocenters. The van der Waals surface area contributed by atoms with E-state index in [2.05, 4.69) is 18.8 Å². The molecule has 0 saturated heterocycles. The lowest BCUT2D eigenvalue weighted by Crippen LogP contribution is -2.14. The second-order valence-electron chi connectivity index (χ2n) is 5.15. The maximum atomic E-state index is 12.7. The van der Waals surface area contributed by atoms with E-state index in [1.54, 1.807) is 18.3 Å². The van der Waals surface area contributed by atoms with Crippen LogP contribution in [0.3, 0.4) is 0 Å². The van der Waals surface area contributed by atoms with E-state index in [1.807, 2.05) is 0 Å². The van der Waals surface area contributed by atoms with Gasteiger partial charge in [0, 0.05) is 33.6 Å². The number of H-pyrrole nitrogens is 1. The van der Waals surface area contributed by atoms with Gasteiger partial charge >= 0.3 is 0 Å². The summed E-state index contributed by atoms with van der Waals surface area (Å²) in [5, 5.41) is 1.89. The fourth-order valence-corrected chi connectivity index (χ4v) is 3.30. The van der Waals surface area contributed by atoms with Crippen LogP contribution in [-0.4, -0.2) is 10.8 Å². The molecule has 2 nitrogen and oxygen atoms in total. The van der Waals surface area contributed by atoms with Gasteiger partial charge in [-0.2, -0.15) is 0 Å². The zero-order valence-electron chi connectivity index (χ0n) is 11.8. The topological polar surface area (TPSA) is 32.9 Å². The van der Waals surface area contributed by atoms with Gasteiger partial charge in [-0.05, 0) is 25.0 Å². The SMILES string of the molecule is CCCC(CCC)C(=O)c1c[nH]c2cc(Cl)cc(Cl)c12. The zero-order chi connectivity index (χ0) is 14.7. The van der Waals surface area contributed by atoms with Gasteiger partial charge in [0.15, 0.2) is 5.78 Å². The number of rotatable bonds is 6. The standard InChI is InChI=1S/C16H19Cl2NO/c1-3-5-10(6-4-2)16(20)12-9-19-14-8-11(17)7-13(18)15(12)14/h7-10,19H,3-6H2,1-2H3. The highest BCUT2D eigenvalue weighted by atomic mass is 35.5. The normalized spacial score (nSPS) is 11.4. The molecule has 0 radical (unpaired) electrons. The summed E-state index contributed by atoms with van der Waals surface area (Å²) in [6, 6.07) is 3.49. The van der Waals surface area contributed by atoms with Crippen LogP contribution in [0.5, 0.6) is 0 Å². The Hall–Kier alpha value is -0.990. The average Bonchev–Trinajstić information content (AvgIpc) is 2.81. The van der Waals surface area contributed by atoms with Gasteiger partial charge in [0.05, 0.1) is 5.02 Å². The molecule has 1 N–H and O–H groups in total. The number of aromatic amines is 1. The molecule has 0 aliphatic carbocycles. The van der Waals surface area contributed by atoms with Gasteiger partial charge in [-0.3, -0.25) is 4.79 Å². The highest BCUT2D eigenvalue weighted by Gasteiger charge is 2.22. The van der Waals surface area contributed by atoms with Crippen LogP contribution in [0.15, 0.2) is 18.3 Å². The number of benzene rings is 1. The Morgan fingerprint density at radius 2 is 1.85 bits per heavy atom. The first-order valence-electron chi connectivity index (χ1n) is 7.08. The second-order valence-corrected chi connectivity index (χ2v) is 5.99. The lowest BCUT2D eigenvalue weighted by molar-refractivity contribution is 0.0906. The molecule has 0 aliphatic heterocycles. The number of halogens is 2. The molecule has 20 heavy (non-hydrogen) atoms. The Morgan fingerprint density at radius 1 is 1.20 bits per heavy atom. The molecule has 0 fully saturated rings. The summed E-state index contributed by atoms with van der Waals surface area (Å²) in [6.07, 6.45) is 5.62. The molecule has 0 saturated carbocycles. The van der Waals surface area contributed by atoms with E-state index in [9.17, 15) is 4.79 Å². The maximum Gasteiger partial charge on any atom is 0.168 e. The van der Waals surface area contributed by atoms with Crippen LogP contribution in [0, 0.1) is 5.92 Å². The van der Waals surface area contributed by atoms with Gasteiger partial charge in [-0.1, -0.05) is 49.9 Å². The minimum absolute atomic E-state index is 0.0794. The maximum absolute atomic E-state index is 12.7. The van der Waals surface area contributed by atoms with Crippen molar-refractivity contribution < 1.29 is 4.79 Å². The Labute approximate surface area is 129 Å². The molecule has 0 unspecified atom stereocenters. The molecule has 108 valence electrons. The molecule has 0 aliphatic rings. The van der Waals surface area contributed by atoms with E-state index in [0.717, 1.165) is 36.6 Å². The highest BCUT2D eigenvalue weighted by Crippen LogP contribution is 2.32. The Morgan fingerprint density at radius 3 is 2.45 bits per heavy atom. The number of carbonyl (C=O) groups is 1. The van der Waals surface area contributed by atoms with Gasteiger partial charge in [0.1, 0.15) is 0 Å². The molecule has 0 amide bonds. The first-order chi connectivity index (χ1) is 9.58. The zero-order valence-corrected chi connectivity index (χ0v) is 13.3. The Kier molecular flexibility index (Phi) is 5.11. The summed E-state index contributed by atoms with van der Waals surface area (Å²) < 4.78 is 0. The largest absolute Gasteiger partial charge is 0.360 e. The van der Waals surface area contributed by atoms with E-state index >= 15 is 0 Å². The smallest absolute Gasteiger partial charge is 0.168 e. The summed E-state index contributed by atoms with van der Waals surface area (Å²) in [5.41, 5.74) is 1.51. The number of carbonyl (C=O) groups excluding carboxylic acids is 1. The van der Waals surface area contributed by atoms with Crippen molar-refractivity contribution in [3.63, 3.8) is 0 Å². The number of hydrogen-bond donors (Lipinski definition) is 1. The minimum atomic E-state index is 0.0794. The number of Topliss-reactive ketones (excluding diaryl/α,β-unsaturated/α-hetero) is 1. The van der Waals surface area contributed by atoms with Crippen LogP contribution >= 0.6 is 23.2 Å². The molecular weight excluding hydrogens is 293 g/mol. The van der Waals surface area contributed by atoms with Crippen molar-refractivity contribution in [2.75, 3.05) is 0 Å². The first-order valence-corrected chi connectivity index (χ1v) is 7.84. The first kappa shape index (κ1) is 15.4. The van der Waals surface area contributed by atoms with Crippen molar-refractivity contribution in [1.82, 2.24) is 4.98 Å². The number of ketones is 1. The molecule has 4 heteroatoms. The monoisotopic (exact) mass is 311 g/mol. The lowest BCUT2D eigenvalue weighted by Gasteiger charge is -2.13. The average molecular weight is 312 g/mol. The molecule has 1 aromatic carbocycles. The van der Waals surface area contributed by atoms with E-state index in [4.69, 9.17) is 23.2 Å². The van der Waals surface area contributed by atoms with Crippen molar-refractivity contribution in [3.05, 3.63) is 33.9 Å². The van der Waals surface area contributed by atoms with Crippen molar-refractivity contribution in [2.24, 2.45) is 5.92 Å². The van der Waals surface area contributed by atoms with Crippen molar-refractivity contribution >= 4 is 39.9 Å². The van der Waals surface area contributed by atoms with Gasteiger partial charge in [0.2, 0.25) is 0 Å². The summed E-state index contributed by atoms with van der Waals surface area (Å²) in [5.74, 6) is 0.264. The second kappa shape index (κ2) is 6.64. The van der Waals surface area contributed by atoms with Crippen molar-refractivity contribution in [3.8, 4) is 0 Å². The number of aromatic nitrogens is 1. The molecule has 0 spiro atoms. The third kappa shape index (κ3) is 3.02. The summed E-state index contributed by atoms with van der Waals surface area (Å²) >= 11 is 12.2. The van der Waals surface area contributed by atoms with Crippen molar-refractivity contribution in [2.45, 2.75) is 39.5 Å². The summed E-state index contributed by atoms with van der Waals surface area (Å²) in [4.78, 5) is 15.8. The molecule has 1 heterocycles. The van der Waals surface area contributed by atoms with Crippen LogP contribution in [0.2, 0.25) is 10.0 Å². The van der Waals surface area contributed by atoms with E-state index in [1.165, 1.54) is 0 Å². The number of hydrogen-bond acceptors (Lipinski definition) is 1. The highest BCUT2D eigenvalue weighted by molar-refractivity contribution is 6.39. The number of nitrogens with one attached hydrogen (secondary N) is 1.